The molecular formula is C26H21ClF3N7O3. The second kappa shape index (κ2) is 9.01. The van der Waals surface area contributed by atoms with Crippen molar-refractivity contribution in [3.05, 3.63) is 85.8 Å². The predicted octanol–water partition coefficient (Wildman–Crippen LogP) is 4.01. The number of nitrogens with one attached hydrogen (secondary N) is 1. The molecule has 0 aliphatic heterocycles. The van der Waals surface area contributed by atoms with Crippen LogP contribution in [0.15, 0.2) is 63.6 Å². The minimum Gasteiger partial charge on any atom is -0.410 e. The molecule has 0 unspecified atom stereocenters. The molecule has 5 aromatic rings. The molecule has 1 aromatic carbocycles. The smallest absolute Gasteiger partial charge is 0.410 e. The fourth-order valence-electron chi connectivity index (χ4n) is 4.96. The van der Waals surface area contributed by atoms with Gasteiger partial charge in [-0.3, -0.25) is 18.6 Å². The second-order valence-electron chi connectivity index (χ2n) is 9.69. The van der Waals surface area contributed by atoms with Gasteiger partial charge in [0.15, 0.2) is 11.4 Å². The van der Waals surface area contributed by atoms with Crippen molar-refractivity contribution in [2.75, 3.05) is 0 Å². The quantitative estimate of drug-likeness (QED) is 0.139. The van der Waals surface area contributed by atoms with E-state index >= 15 is 0 Å². The number of nitrogens with zero attached hydrogens (tertiary/aromatic N) is 6. The summed E-state index contributed by atoms with van der Waals surface area (Å²) in [7, 11) is 2.85. The number of aryl methyl sites for hydroxylation is 1. The van der Waals surface area contributed by atoms with E-state index < -0.39 is 28.7 Å². The highest BCUT2D eigenvalue weighted by atomic mass is 35.5. The van der Waals surface area contributed by atoms with E-state index in [1.807, 2.05) is 18.2 Å². The van der Waals surface area contributed by atoms with Crippen molar-refractivity contribution in [1.82, 2.24) is 28.5 Å². The molecule has 4 heterocycles. The van der Waals surface area contributed by atoms with E-state index in [1.54, 1.807) is 18.3 Å². The highest BCUT2D eigenvalue weighted by Crippen LogP contribution is 2.33. The Morgan fingerprint density at radius 1 is 1.20 bits per heavy atom. The Kier molecular flexibility index (Phi) is 5.80. The molecule has 40 heavy (non-hydrogen) atoms. The SMILES string of the molecule is Cn1cc(/C(=N/O)C(F)(F)F)cc1-c1c2c(=O)n(C)c(=O)n(CC3C=C3)c2nn1Cc1c[nH]c2ccc(Cl)cc12. The standard InChI is InChI=1S/C26H21ClF3N7O3/c1-34-11-14(22(33-40)26(28,29)30)7-19(34)21-20-23(36(10-13-3-4-13)25(39)35(2)24(20)38)32-37(21)12-15-9-31-18-6-5-16(27)8-17(15)18/h3-9,11,13,31,40H,10,12H2,1-2H3/b33-22-. The lowest BCUT2D eigenvalue weighted by Crippen LogP contribution is -2.38. The third-order valence-corrected chi connectivity index (χ3v) is 7.26. The first-order valence-electron chi connectivity index (χ1n) is 12.1. The molecular weight excluding hydrogens is 551 g/mol. The first-order valence-corrected chi connectivity index (χ1v) is 12.5. The topological polar surface area (TPSA) is 115 Å². The van der Waals surface area contributed by atoms with E-state index in [0.29, 0.717) is 5.02 Å². The number of alkyl halides is 3. The molecule has 4 aromatic heterocycles. The van der Waals surface area contributed by atoms with E-state index in [4.69, 9.17) is 16.8 Å². The molecule has 0 amide bonds. The minimum atomic E-state index is -4.92. The Morgan fingerprint density at radius 3 is 2.62 bits per heavy atom. The van der Waals surface area contributed by atoms with Crippen LogP contribution in [0.2, 0.25) is 5.02 Å². The van der Waals surface area contributed by atoms with Gasteiger partial charge in [-0.1, -0.05) is 28.9 Å². The number of H-pyrrole nitrogens is 1. The van der Waals surface area contributed by atoms with Gasteiger partial charge in [-0.25, -0.2) is 4.79 Å². The third kappa shape index (κ3) is 4.13. The summed E-state index contributed by atoms with van der Waals surface area (Å²) in [6, 6.07) is 6.50. The zero-order valence-corrected chi connectivity index (χ0v) is 21.8. The summed E-state index contributed by atoms with van der Waals surface area (Å²) in [6.45, 7) is 0.362. The van der Waals surface area contributed by atoms with Gasteiger partial charge in [-0.05, 0) is 29.8 Å². The molecule has 0 radical (unpaired) electrons. The largest absolute Gasteiger partial charge is 0.437 e. The molecule has 0 fully saturated rings. The molecule has 2 N–H and O–H groups in total. The summed E-state index contributed by atoms with van der Waals surface area (Å²) in [4.78, 5) is 29.8. The molecule has 10 nitrogen and oxygen atoms in total. The number of aromatic nitrogens is 6. The highest BCUT2D eigenvalue weighted by Gasteiger charge is 2.39. The molecule has 6 rings (SSSR count). The zero-order chi connectivity index (χ0) is 28.5. The molecule has 0 atom stereocenters. The van der Waals surface area contributed by atoms with Crippen LogP contribution >= 0.6 is 11.6 Å². The normalized spacial score (nSPS) is 14.2. The van der Waals surface area contributed by atoms with Crippen LogP contribution < -0.4 is 11.2 Å². The summed E-state index contributed by atoms with van der Waals surface area (Å²) in [5.74, 6) is 0.0273. The van der Waals surface area contributed by atoms with Crippen LogP contribution in [0.3, 0.4) is 0 Å². The van der Waals surface area contributed by atoms with Gasteiger partial charge < -0.3 is 14.8 Å². The lowest BCUT2D eigenvalue weighted by atomic mass is 10.1. The number of hydrogen-bond donors (Lipinski definition) is 2. The summed E-state index contributed by atoms with van der Waals surface area (Å²) < 4.78 is 45.9. The minimum absolute atomic E-state index is 0.0273. The maximum atomic E-state index is 13.6. The van der Waals surface area contributed by atoms with Gasteiger partial charge in [-0.2, -0.15) is 18.3 Å². The average molecular weight is 572 g/mol. The van der Waals surface area contributed by atoms with E-state index in [9.17, 15) is 22.8 Å². The molecule has 1 aliphatic carbocycles. The van der Waals surface area contributed by atoms with Gasteiger partial charge in [-0.15, -0.1) is 0 Å². The average Bonchev–Trinajstić information content (AvgIpc) is 3.36. The van der Waals surface area contributed by atoms with Crippen molar-refractivity contribution in [2.45, 2.75) is 19.3 Å². The van der Waals surface area contributed by atoms with Crippen molar-refractivity contribution in [1.29, 1.82) is 0 Å². The molecule has 0 bridgehead atoms. The summed E-state index contributed by atoms with van der Waals surface area (Å²) in [5, 5.41) is 17.7. The van der Waals surface area contributed by atoms with Gasteiger partial charge in [0.1, 0.15) is 11.1 Å². The monoisotopic (exact) mass is 571 g/mol. The van der Waals surface area contributed by atoms with Crippen LogP contribution in [0.1, 0.15) is 11.1 Å². The van der Waals surface area contributed by atoms with E-state index in [2.05, 4.69) is 15.2 Å². The summed E-state index contributed by atoms with van der Waals surface area (Å²) in [6.07, 6.45) is 1.81. The fourth-order valence-corrected chi connectivity index (χ4v) is 5.13. The molecule has 0 spiro atoms. The summed E-state index contributed by atoms with van der Waals surface area (Å²) in [5.41, 5.74) is -1.00. The number of halogens is 4. The van der Waals surface area contributed by atoms with Crippen LogP contribution in [0, 0.1) is 5.92 Å². The van der Waals surface area contributed by atoms with Gasteiger partial charge >= 0.3 is 11.9 Å². The Bertz CT molecular complexity index is 2000. The Labute approximate surface area is 227 Å². The molecule has 14 heteroatoms. The van der Waals surface area contributed by atoms with E-state index in [0.717, 1.165) is 27.2 Å². The molecule has 0 saturated heterocycles. The van der Waals surface area contributed by atoms with E-state index in [-0.39, 0.29) is 41.4 Å². The number of aromatic amines is 1. The van der Waals surface area contributed by atoms with Crippen LogP contribution in [0.4, 0.5) is 13.2 Å². The third-order valence-electron chi connectivity index (χ3n) is 7.02. The van der Waals surface area contributed by atoms with Gasteiger partial charge in [0, 0.05) is 60.4 Å². The van der Waals surface area contributed by atoms with Crippen molar-refractivity contribution in [3.8, 4) is 11.4 Å². The first kappa shape index (κ1) is 25.7. The Balaban J connectivity index is 1.64. The number of allylic oxidation sites excluding steroid dienone is 2. The highest BCUT2D eigenvalue weighted by molar-refractivity contribution is 6.31. The molecule has 0 saturated carbocycles. The van der Waals surface area contributed by atoms with Crippen LogP contribution in [-0.4, -0.2) is 45.6 Å². The van der Waals surface area contributed by atoms with Crippen LogP contribution in [-0.2, 0) is 27.2 Å². The van der Waals surface area contributed by atoms with Crippen molar-refractivity contribution in [2.24, 2.45) is 25.2 Å². The van der Waals surface area contributed by atoms with Gasteiger partial charge in [0.2, 0.25) is 0 Å². The lowest BCUT2D eigenvalue weighted by Gasteiger charge is -2.09. The lowest BCUT2D eigenvalue weighted by molar-refractivity contribution is -0.0601. The maximum Gasteiger partial charge on any atom is 0.437 e. The Morgan fingerprint density at radius 2 is 1.95 bits per heavy atom. The number of oxime groups is 1. The first-order chi connectivity index (χ1) is 19.0. The van der Waals surface area contributed by atoms with Gasteiger partial charge in [0.25, 0.3) is 5.56 Å². The van der Waals surface area contributed by atoms with Crippen molar-refractivity contribution >= 4 is 39.2 Å². The van der Waals surface area contributed by atoms with Crippen LogP contribution in [0.5, 0.6) is 0 Å². The number of rotatable bonds is 6. The Hall–Kier alpha value is -4.52. The molecule has 1 aliphatic rings. The van der Waals surface area contributed by atoms with Crippen molar-refractivity contribution < 1.29 is 18.4 Å². The van der Waals surface area contributed by atoms with Gasteiger partial charge in [0.05, 0.1) is 12.2 Å². The number of fused-ring (bicyclic) bond motifs is 2. The fraction of sp³-hybridized carbons (Fsp3) is 0.231. The van der Waals surface area contributed by atoms with E-state index in [1.165, 1.54) is 34.0 Å². The zero-order valence-electron chi connectivity index (χ0n) is 21.1. The summed E-state index contributed by atoms with van der Waals surface area (Å²) >= 11 is 6.23. The molecule has 206 valence electrons. The second-order valence-corrected chi connectivity index (χ2v) is 10.1. The van der Waals surface area contributed by atoms with Crippen LogP contribution in [0.25, 0.3) is 33.3 Å². The predicted molar refractivity (Wildman–Crippen MR) is 143 cm³/mol. The number of benzene rings is 1. The van der Waals surface area contributed by atoms with Crippen molar-refractivity contribution in [3.63, 3.8) is 0 Å². The number of hydrogen-bond acceptors (Lipinski definition) is 5. The maximum absolute atomic E-state index is 13.6.